The summed E-state index contributed by atoms with van der Waals surface area (Å²) in [5.41, 5.74) is 2.63. The number of fused-ring (bicyclic) bond motifs is 2. The van der Waals surface area contributed by atoms with E-state index >= 15 is 0 Å². The van der Waals surface area contributed by atoms with Gasteiger partial charge in [0, 0.05) is 43.2 Å². The maximum atomic E-state index is 13.3. The molecule has 0 bridgehead atoms. The van der Waals surface area contributed by atoms with E-state index in [0.29, 0.717) is 66.3 Å². The largest absolute Gasteiger partial charge is 0.484 e. The Kier molecular flexibility index (Phi) is 6.65. The van der Waals surface area contributed by atoms with Crippen LogP contribution in [0, 0.1) is 6.92 Å². The summed E-state index contributed by atoms with van der Waals surface area (Å²) in [6.07, 6.45) is 1.27. The van der Waals surface area contributed by atoms with Gasteiger partial charge in [-0.15, -0.1) is 0 Å². The second kappa shape index (κ2) is 10.3. The summed E-state index contributed by atoms with van der Waals surface area (Å²) in [6, 6.07) is 19.0. The van der Waals surface area contributed by atoms with Gasteiger partial charge in [0.05, 0.1) is 29.1 Å². The zero-order valence-corrected chi connectivity index (χ0v) is 22.9. The van der Waals surface area contributed by atoms with Crippen LogP contribution < -0.4 is 25.7 Å². The Hall–Kier alpha value is -4.79. The molecule has 2 aliphatic heterocycles. The van der Waals surface area contributed by atoms with E-state index in [-0.39, 0.29) is 22.9 Å². The monoisotopic (exact) mass is 553 g/mol. The van der Waals surface area contributed by atoms with Crippen molar-refractivity contribution in [2.75, 3.05) is 29.9 Å². The van der Waals surface area contributed by atoms with Gasteiger partial charge >= 0.3 is 5.97 Å². The first-order chi connectivity index (χ1) is 19.7. The van der Waals surface area contributed by atoms with Crippen molar-refractivity contribution in [2.45, 2.75) is 38.3 Å². The Bertz CT molecular complexity index is 1720. The van der Waals surface area contributed by atoms with Crippen molar-refractivity contribution in [2.24, 2.45) is 0 Å². The van der Waals surface area contributed by atoms with E-state index in [1.165, 1.54) is 6.07 Å². The van der Waals surface area contributed by atoms with Crippen molar-refractivity contribution in [1.82, 2.24) is 5.32 Å². The second-order valence-electron chi connectivity index (χ2n) is 10.8. The normalized spacial score (nSPS) is 16.8. The minimum Gasteiger partial charge on any atom is -0.484 e. The van der Waals surface area contributed by atoms with E-state index in [2.05, 4.69) is 10.6 Å². The molecule has 1 aromatic heterocycles. The molecule has 1 unspecified atom stereocenters. The number of ether oxygens (including phenoxy) is 1. The van der Waals surface area contributed by atoms with Crippen LogP contribution in [0.5, 0.6) is 5.75 Å². The van der Waals surface area contributed by atoms with Crippen LogP contribution in [0.3, 0.4) is 0 Å². The number of para-hydroxylation sites is 2. The third-order valence-electron chi connectivity index (χ3n) is 8.00. The first-order valence-corrected chi connectivity index (χ1v) is 13.7. The first kappa shape index (κ1) is 26.4. The van der Waals surface area contributed by atoms with Crippen molar-refractivity contribution in [3.05, 3.63) is 99.2 Å². The van der Waals surface area contributed by atoms with Crippen molar-refractivity contribution < 1.29 is 23.8 Å². The quantitative estimate of drug-likeness (QED) is 0.311. The number of carbonyl (C=O) groups excluding carboxylic acids is 1. The molecule has 9 nitrogen and oxygen atoms in total. The zero-order valence-electron chi connectivity index (χ0n) is 22.9. The van der Waals surface area contributed by atoms with E-state index in [1.54, 1.807) is 30.3 Å². The Labute approximate surface area is 236 Å². The van der Waals surface area contributed by atoms with Gasteiger partial charge in [-0.2, -0.15) is 0 Å². The van der Waals surface area contributed by atoms with Crippen LogP contribution in [0.4, 0.5) is 11.6 Å². The van der Waals surface area contributed by atoms with E-state index in [0.717, 1.165) is 11.1 Å². The third kappa shape index (κ3) is 4.99. The lowest BCUT2D eigenvalue weighted by Gasteiger charge is -2.41. The number of nitrogens with one attached hydrogen (secondary N) is 2. The topological polar surface area (TPSA) is 121 Å². The Morgan fingerprint density at radius 2 is 1.78 bits per heavy atom. The number of hydrogen-bond acceptors (Lipinski definition) is 7. The lowest BCUT2D eigenvalue weighted by atomic mass is 9.91. The lowest BCUT2D eigenvalue weighted by Crippen LogP contribution is -2.53. The number of rotatable bonds is 5. The van der Waals surface area contributed by atoms with Gasteiger partial charge in [0.25, 0.3) is 5.91 Å². The average molecular weight is 554 g/mol. The van der Waals surface area contributed by atoms with E-state index in [4.69, 9.17) is 9.15 Å². The molecule has 0 radical (unpaired) electrons. The molecule has 2 aliphatic rings. The van der Waals surface area contributed by atoms with Crippen molar-refractivity contribution in [3.63, 3.8) is 0 Å². The van der Waals surface area contributed by atoms with Crippen LogP contribution in [0.1, 0.15) is 57.7 Å². The number of carboxylic acid groups (broad SMARTS) is 1. The van der Waals surface area contributed by atoms with Crippen LogP contribution >= 0.6 is 0 Å². The van der Waals surface area contributed by atoms with Crippen molar-refractivity contribution in [1.29, 1.82) is 0 Å². The van der Waals surface area contributed by atoms with Gasteiger partial charge < -0.3 is 29.8 Å². The summed E-state index contributed by atoms with van der Waals surface area (Å²) < 4.78 is 12.9. The molecule has 41 heavy (non-hydrogen) atoms. The molecular weight excluding hydrogens is 522 g/mol. The number of benzene rings is 3. The number of aryl methyl sites for hydroxylation is 1. The molecule has 3 N–H and O–H groups in total. The fourth-order valence-electron chi connectivity index (χ4n) is 5.77. The standard InChI is InChI=1S/C32H31N3O6/c1-19-15-23(20(2)34-25-9-5-3-7-21(25)31(38)39)29-24(16-19)26(36)17-28(40-29)35-13-11-32(12-14-35)18-33-30(37)22-8-4-6-10-27(22)41-32/h3-10,15-17,20,34H,11-14,18H2,1-2H3,(H,33,37)(H,38,39). The van der Waals surface area contributed by atoms with Gasteiger partial charge in [0.2, 0.25) is 0 Å². The maximum absolute atomic E-state index is 13.3. The number of carboxylic acids is 1. The highest BCUT2D eigenvalue weighted by Gasteiger charge is 2.40. The van der Waals surface area contributed by atoms with Crippen LogP contribution in [0.15, 0.2) is 75.9 Å². The van der Waals surface area contributed by atoms with E-state index in [9.17, 15) is 19.5 Å². The highest BCUT2D eigenvalue weighted by atomic mass is 16.5. The summed E-state index contributed by atoms with van der Waals surface area (Å²) in [5.74, 6) is -0.110. The smallest absolute Gasteiger partial charge is 0.337 e. The van der Waals surface area contributed by atoms with Crippen LogP contribution in [-0.4, -0.2) is 42.2 Å². The molecule has 6 rings (SSSR count). The molecule has 3 heterocycles. The number of nitrogens with zero attached hydrogens (tertiary/aromatic N) is 1. The number of amides is 1. The minimum absolute atomic E-state index is 0.142. The van der Waals surface area contributed by atoms with Gasteiger partial charge in [0.15, 0.2) is 11.3 Å². The highest BCUT2D eigenvalue weighted by Crippen LogP contribution is 2.36. The molecule has 1 saturated heterocycles. The second-order valence-corrected chi connectivity index (χ2v) is 10.8. The van der Waals surface area contributed by atoms with E-state index in [1.807, 2.05) is 49.1 Å². The summed E-state index contributed by atoms with van der Waals surface area (Å²) in [4.78, 5) is 39.7. The van der Waals surface area contributed by atoms with Gasteiger partial charge in [-0.1, -0.05) is 30.3 Å². The van der Waals surface area contributed by atoms with Crippen LogP contribution in [-0.2, 0) is 0 Å². The molecule has 1 fully saturated rings. The molecule has 1 amide bonds. The van der Waals surface area contributed by atoms with Crippen LogP contribution in [0.25, 0.3) is 11.0 Å². The average Bonchev–Trinajstić information content (AvgIpc) is 3.09. The van der Waals surface area contributed by atoms with Crippen LogP contribution in [0.2, 0.25) is 0 Å². The fraction of sp³-hybridized carbons (Fsp3) is 0.281. The number of aromatic carboxylic acids is 1. The van der Waals surface area contributed by atoms with Gasteiger partial charge in [-0.25, -0.2) is 4.79 Å². The van der Waals surface area contributed by atoms with Gasteiger partial charge in [0.1, 0.15) is 16.9 Å². The number of carbonyl (C=O) groups is 2. The summed E-state index contributed by atoms with van der Waals surface area (Å²) >= 11 is 0. The maximum Gasteiger partial charge on any atom is 0.337 e. The van der Waals surface area contributed by atoms with Gasteiger partial charge in [-0.3, -0.25) is 9.59 Å². The molecule has 4 aromatic rings. The molecule has 0 saturated carbocycles. The summed E-state index contributed by atoms with van der Waals surface area (Å²) in [7, 11) is 0. The van der Waals surface area contributed by atoms with E-state index < -0.39 is 11.6 Å². The minimum atomic E-state index is -1.02. The fourth-order valence-corrected chi connectivity index (χ4v) is 5.77. The highest BCUT2D eigenvalue weighted by molar-refractivity contribution is 5.97. The Balaban J connectivity index is 1.29. The molecule has 210 valence electrons. The molecular formula is C32H31N3O6. The molecule has 9 heteroatoms. The lowest BCUT2D eigenvalue weighted by molar-refractivity contribution is 0.0466. The van der Waals surface area contributed by atoms with Crippen molar-refractivity contribution >= 4 is 34.4 Å². The molecule has 1 spiro atoms. The number of hydrogen-bond donors (Lipinski definition) is 3. The Morgan fingerprint density at radius 1 is 1.05 bits per heavy atom. The molecule has 0 aliphatic carbocycles. The Morgan fingerprint density at radius 3 is 2.56 bits per heavy atom. The molecule has 3 aromatic carbocycles. The zero-order chi connectivity index (χ0) is 28.7. The predicted molar refractivity (Wildman–Crippen MR) is 156 cm³/mol. The number of anilines is 2. The SMILES string of the molecule is Cc1cc(C(C)Nc2ccccc2C(=O)O)c2oc(N3CCC4(CC3)CNC(=O)c3ccccc3O4)cc(=O)c2c1. The third-order valence-corrected chi connectivity index (χ3v) is 8.00. The van der Waals surface area contributed by atoms with Gasteiger partial charge in [-0.05, 0) is 49.7 Å². The summed E-state index contributed by atoms with van der Waals surface area (Å²) in [6.45, 7) is 5.39. The summed E-state index contributed by atoms with van der Waals surface area (Å²) in [5, 5.41) is 16.4. The predicted octanol–water partition coefficient (Wildman–Crippen LogP) is 5.13. The van der Waals surface area contributed by atoms with Crippen molar-refractivity contribution in [3.8, 4) is 5.75 Å². The number of piperidine rings is 1. The first-order valence-electron chi connectivity index (χ1n) is 13.7. The molecule has 1 atom stereocenters.